The Morgan fingerprint density at radius 3 is 3.05 bits per heavy atom. The number of aryl methyl sites for hydroxylation is 1. The van der Waals surface area contributed by atoms with Gasteiger partial charge in [-0.3, -0.25) is 4.79 Å². The van der Waals surface area contributed by atoms with Crippen LogP contribution in [-0.2, 0) is 16.0 Å². The molecule has 0 unspecified atom stereocenters. The van der Waals surface area contributed by atoms with Crippen molar-refractivity contribution in [2.75, 3.05) is 19.7 Å². The molecule has 1 aromatic heterocycles. The zero-order valence-corrected chi connectivity index (χ0v) is 11.3. The number of carbonyl (C=O) groups excluding carboxylic acids is 1. The number of carboxylic acid groups (broad SMARTS) is 1. The van der Waals surface area contributed by atoms with Gasteiger partial charge in [-0.25, -0.2) is 14.8 Å². The van der Waals surface area contributed by atoms with E-state index in [0.717, 1.165) is 6.42 Å². The number of hydrogen-bond donors (Lipinski definition) is 1. The third-order valence-corrected chi connectivity index (χ3v) is 3.14. The maximum atomic E-state index is 12.5. The van der Waals surface area contributed by atoms with E-state index in [1.807, 2.05) is 6.92 Å². The molecule has 2 rings (SSSR count). The molecule has 0 aliphatic carbocycles. The van der Waals surface area contributed by atoms with Crippen LogP contribution in [-0.4, -0.2) is 57.7 Å². The maximum absolute atomic E-state index is 12.5. The van der Waals surface area contributed by atoms with Crippen LogP contribution < -0.4 is 0 Å². The molecule has 108 valence electrons. The van der Waals surface area contributed by atoms with Crippen molar-refractivity contribution in [1.29, 1.82) is 0 Å². The van der Waals surface area contributed by atoms with Crippen LogP contribution in [0.3, 0.4) is 0 Å². The minimum absolute atomic E-state index is 0.0502. The van der Waals surface area contributed by atoms with Crippen molar-refractivity contribution in [2.45, 2.75) is 25.9 Å². The number of hydrogen-bond acceptors (Lipinski definition) is 5. The summed E-state index contributed by atoms with van der Waals surface area (Å²) in [5.74, 6) is -1.29. The Morgan fingerprint density at radius 1 is 1.55 bits per heavy atom. The molecule has 1 aromatic rings. The second-order valence-corrected chi connectivity index (χ2v) is 4.58. The zero-order chi connectivity index (χ0) is 14.5. The summed E-state index contributed by atoms with van der Waals surface area (Å²) in [5, 5.41) is 8.96. The molecule has 7 heteroatoms. The number of rotatable bonds is 4. The van der Waals surface area contributed by atoms with Gasteiger partial charge < -0.3 is 14.7 Å². The quantitative estimate of drug-likeness (QED) is 0.855. The highest BCUT2D eigenvalue weighted by atomic mass is 16.5. The third kappa shape index (κ3) is 3.11. The van der Waals surface area contributed by atoms with Crippen LogP contribution in [0.15, 0.2) is 12.5 Å². The van der Waals surface area contributed by atoms with Crippen molar-refractivity contribution in [3.8, 4) is 0 Å². The molecule has 0 saturated carbocycles. The number of amides is 1. The number of carboxylic acids is 1. The van der Waals surface area contributed by atoms with Gasteiger partial charge in [-0.2, -0.15) is 0 Å². The fourth-order valence-corrected chi connectivity index (χ4v) is 2.12. The van der Waals surface area contributed by atoms with Gasteiger partial charge in [0.2, 0.25) is 0 Å². The van der Waals surface area contributed by atoms with E-state index in [1.165, 1.54) is 17.4 Å². The van der Waals surface area contributed by atoms with Crippen molar-refractivity contribution in [3.05, 3.63) is 23.8 Å². The Labute approximate surface area is 116 Å². The Hall–Kier alpha value is -2.02. The van der Waals surface area contributed by atoms with Crippen LogP contribution in [0.5, 0.6) is 0 Å². The first-order valence-corrected chi connectivity index (χ1v) is 6.56. The molecule has 0 bridgehead atoms. The molecule has 2 heterocycles. The van der Waals surface area contributed by atoms with E-state index in [4.69, 9.17) is 9.84 Å². The van der Waals surface area contributed by atoms with E-state index in [-0.39, 0.29) is 19.1 Å². The molecule has 1 amide bonds. The van der Waals surface area contributed by atoms with Crippen LogP contribution in [0, 0.1) is 0 Å². The summed E-state index contributed by atoms with van der Waals surface area (Å²) in [6.07, 6.45) is 3.51. The van der Waals surface area contributed by atoms with E-state index in [0.29, 0.717) is 24.2 Å². The van der Waals surface area contributed by atoms with Crippen LogP contribution in [0.1, 0.15) is 29.4 Å². The number of aliphatic carboxylic acids is 1. The average Bonchev–Trinajstić information content (AvgIpc) is 2.47. The fourth-order valence-electron chi connectivity index (χ4n) is 2.12. The molecule has 0 aromatic carbocycles. The first kappa shape index (κ1) is 14.4. The topological polar surface area (TPSA) is 92.6 Å². The predicted octanol–water partition coefficient (Wildman–Crippen LogP) is 0.355. The summed E-state index contributed by atoms with van der Waals surface area (Å²) in [6.45, 7) is 2.66. The third-order valence-electron chi connectivity index (χ3n) is 3.14. The van der Waals surface area contributed by atoms with E-state index in [1.54, 1.807) is 0 Å². The molecule has 1 N–H and O–H groups in total. The summed E-state index contributed by atoms with van der Waals surface area (Å²) in [7, 11) is 0. The largest absolute Gasteiger partial charge is 0.479 e. The number of morpholine rings is 1. The number of aromatic nitrogens is 2. The van der Waals surface area contributed by atoms with Gasteiger partial charge in [0.05, 0.1) is 24.4 Å². The molecule has 7 nitrogen and oxygen atoms in total. The molecule has 20 heavy (non-hydrogen) atoms. The molecule has 0 radical (unpaired) electrons. The highest BCUT2D eigenvalue weighted by Crippen LogP contribution is 2.13. The van der Waals surface area contributed by atoms with Gasteiger partial charge in [0.15, 0.2) is 6.10 Å². The first-order valence-electron chi connectivity index (χ1n) is 6.56. The van der Waals surface area contributed by atoms with Gasteiger partial charge in [0, 0.05) is 12.7 Å². The lowest BCUT2D eigenvalue weighted by Crippen LogP contribution is -2.48. The number of nitrogens with zero attached hydrogens (tertiary/aromatic N) is 3. The average molecular weight is 279 g/mol. The maximum Gasteiger partial charge on any atom is 0.334 e. The normalized spacial score (nSPS) is 18.9. The van der Waals surface area contributed by atoms with Crippen molar-refractivity contribution in [2.24, 2.45) is 0 Å². The SMILES string of the molecule is CCCc1ncncc1C(=O)N1CCO[C@@H](C(=O)O)C1. The Bertz CT molecular complexity index is 506. The highest BCUT2D eigenvalue weighted by Gasteiger charge is 2.30. The summed E-state index contributed by atoms with van der Waals surface area (Å²) in [6, 6.07) is 0. The van der Waals surface area contributed by atoms with E-state index >= 15 is 0 Å². The fraction of sp³-hybridized carbons (Fsp3) is 0.538. The van der Waals surface area contributed by atoms with Gasteiger partial charge >= 0.3 is 5.97 Å². The summed E-state index contributed by atoms with van der Waals surface area (Å²) in [5.41, 5.74) is 1.14. The predicted molar refractivity (Wildman–Crippen MR) is 69.3 cm³/mol. The zero-order valence-electron chi connectivity index (χ0n) is 11.3. The Morgan fingerprint density at radius 2 is 2.35 bits per heavy atom. The van der Waals surface area contributed by atoms with Crippen molar-refractivity contribution < 1.29 is 19.4 Å². The van der Waals surface area contributed by atoms with Gasteiger partial charge in [0.1, 0.15) is 6.33 Å². The van der Waals surface area contributed by atoms with E-state index in [9.17, 15) is 9.59 Å². The van der Waals surface area contributed by atoms with E-state index < -0.39 is 12.1 Å². The molecule has 1 atom stereocenters. The van der Waals surface area contributed by atoms with E-state index in [2.05, 4.69) is 9.97 Å². The Balaban J connectivity index is 2.16. The number of ether oxygens (including phenoxy) is 1. The molecular formula is C13H17N3O4. The lowest BCUT2D eigenvalue weighted by atomic mass is 10.1. The van der Waals surface area contributed by atoms with Crippen molar-refractivity contribution in [1.82, 2.24) is 14.9 Å². The summed E-state index contributed by atoms with van der Waals surface area (Å²) in [4.78, 5) is 32.9. The second kappa shape index (κ2) is 6.42. The highest BCUT2D eigenvalue weighted by molar-refractivity contribution is 5.95. The molecule has 1 saturated heterocycles. The lowest BCUT2D eigenvalue weighted by Gasteiger charge is -2.31. The van der Waals surface area contributed by atoms with Crippen LogP contribution in [0.25, 0.3) is 0 Å². The lowest BCUT2D eigenvalue weighted by molar-refractivity contribution is -0.154. The number of carbonyl (C=O) groups is 2. The monoisotopic (exact) mass is 279 g/mol. The summed E-state index contributed by atoms with van der Waals surface area (Å²) < 4.78 is 5.11. The van der Waals surface area contributed by atoms with Crippen LogP contribution in [0.4, 0.5) is 0 Å². The van der Waals surface area contributed by atoms with Crippen molar-refractivity contribution >= 4 is 11.9 Å². The molecule has 1 aliphatic heterocycles. The smallest absolute Gasteiger partial charge is 0.334 e. The van der Waals surface area contributed by atoms with Crippen LogP contribution >= 0.6 is 0 Å². The van der Waals surface area contributed by atoms with Crippen LogP contribution in [0.2, 0.25) is 0 Å². The minimum Gasteiger partial charge on any atom is -0.479 e. The standard InChI is InChI=1S/C13H17N3O4/c1-2-3-10-9(6-14-8-15-10)12(17)16-4-5-20-11(7-16)13(18)19/h6,8,11H,2-5,7H2,1H3,(H,18,19)/t11-/m1/s1. The van der Waals surface area contributed by atoms with Crippen molar-refractivity contribution in [3.63, 3.8) is 0 Å². The van der Waals surface area contributed by atoms with Gasteiger partial charge in [-0.05, 0) is 6.42 Å². The van der Waals surface area contributed by atoms with Gasteiger partial charge in [-0.1, -0.05) is 13.3 Å². The summed E-state index contributed by atoms with van der Waals surface area (Å²) >= 11 is 0. The minimum atomic E-state index is -1.06. The molecule has 1 fully saturated rings. The first-order chi connectivity index (χ1) is 9.63. The van der Waals surface area contributed by atoms with Gasteiger partial charge in [-0.15, -0.1) is 0 Å². The molecular weight excluding hydrogens is 262 g/mol. The van der Waals surface area contributed by atoms with Gasteiger partial charge in [0.25, 0.3) is 5.91 Å². The second-order valence-electron chi connectivity index (χ2n) is 4.58. The molecule has 1 aliphatic rings. The Kier molecular flexibility index (Phi) is 4.62. The molecule has 0 spiro atoms.